The number of aromatic nitrogens is 4. The fraction of sp³-hybridized carbons (Fsp3) is 0.647. The van der Waals surface area contributed by atoms with Crippen LogP contribution in [0.1, 0.15) is 37.1 Å². The molecular formula is C17H24N6O3. The Labute approximate surface area is 151 Å². The largest absolute Gasteiger partial charge is 0.369 e. The lowest BCUT2D eigenvalue weighted by molar-refractivity contribution is 0.0835. The molecule has 0 unspecified atom stereocenters. The van der Waals surface area contributed by atoms with Gasteiger partial charge < -0.3 is 19.1 Å². The van der Waals surface area contributed by atoms with Crippen molar-refractivity contribution < 1.29 is 9.26 Å². The maximum absolute atomic E-state index is 12.5. The second-order valence-electron chi connectivity index (χ2n) is 6.90. The third kappa shape index (κ3) is 3.78. The average Bonchev–Trinajstić information content (AvgIpc) is 3.27. The fourth-order valence-corrected chi connectivity index (χ4v) is 3.39. The van der Waals surface area contributed by atoms with Crippen molar-refractivity contribution >= 4 is 5.69 Å². The number of hydrogen-bond donors (Lipinski definition) is 0. The van der Waals surface area contributed by atoms with Gasteiger partial charge in [-0.2, -0.15) is 10.1 Å². The van der Waals surface area contributed by atoms with Crippen LogP contribution in [0.5, 0.6) is 0 Å². The summed E-state index contributed by atoms with van der Waals surface area (Å²) in [6, 6.07) is 1.64. The van der Waals surface area contributed by atoms with E-state index < -0.39 is 0 Å². The highest BCUT2D eigenvalue weighted by Crippen LogP contribution is 2.26. The fourth-order valence-electron chi connectivity index (χ4n) is 3.39. The first kappa shape index (κ1) is 17.2. The first-order valence-corrected chi connectivity index (χ1v) is 9.14. The van der Waals surface area contributed by atoms with Gasteiger partial charge in [-0.1, -0.05) is 5.16 Å². The molecule has 0 aromatic carbocycles. The quantitative estimate of drug-likeness (QED) is 0.786. The minimum absolute atomic E-state index is 0.121. The maximum atomic E-state index is 12.5. The summed E-state index contributed by atoms with van der Waals surface area (Å²) >= 11 is 0. The molecule has 0 amide bonds. The zero-order valence-electron chi connectivity index (χ0n) is 15.0. The molecule has 2 aliphatic rings. The molecule has 2 aliphatic heterocycles. The topological polar surface area (TPSA) is 89.5 Å². The highest BCUT2D eigenvalue weighted by Gasteiger charge is 2.24. The van der Waals surface area contributed by atoms with E-state index in [4.69, 9.17) is 9.26 Å². The van der Waals surface area contributed by atoms with Gasteiger partial charge in [0.05, 0.1) is 11.9 Å². The van der Waals surface area contributed by atoms with E-state index in [1.54, 1.807) is 12.3 Å². The third-order valence-electron chi connectivity index (χ3n) is 4.92. The molecule has 0 spiro atoms. The molecule has 2 fully saturated rings. The molecule has 2 saturated heterocycles. The molecule has 26 heavy (non-hydrogen) atoms. The van der Waals surface area contributed by atoms with Crippen molar-refractivity contribution in [2.24, 2.45) is 0 Å². The van der Waals surface area contributed by atoms with E-state index in [2.05, 4.69) is 32.1 Å². The van der Waals surface area contributed by atoms with Crippen LogP contribution < -0.4 is 10.5 Å². The zero-order valence-corrected chi connectivity index (χ0v) is 15.0. The molecule has 4 heterocycles. The molecule has 0 N–H and O–H groups in total. The van der Waals surface area contributed by atoms with Gasteiger partial charge in [-0.15, -0.1) is 0 Å². The highest BCUT2D eigenvalue weighted by atomic mass is 16.5. The number of nitrogens with zero attached hydrogens (tertiary/aromatic N) is 6. The number of rotatable bonds is 4. The SMILES string of the molecule is CN1CCCN(c2cnn(Cc3noc([C@@H]4CCCO4)n3)c(=O)c2)CC1. The van der Waals surface area contributed by atoms with Gasteiger partial charge in [-0.3, -0.25) is 4.79 Å². The van der Waals surface area contributed by atoms with Gasteiger partial charge >= 0.3 is 0 Å². The van der Waals surface area contributed by atoms with Crippen LogP contribution in [-0.2, 0) is 11.3 Å². The molecule has 140 valence electrons. The van der Waals surface area contributed by atoms with E-state index in [0.29, 0.717) is 11.7 Å². The molecule has 2 aromatic rings. The second kappa shape index (κ2) is 7.55. The van der Waals surface area contributed by atoms with Crippen LogP contribution in [0.3, 0.4) is 0 Å². The monoisotopic (exact) mass is 360 g/mol. The molecule has 2 aromatic heterocycles. The zero-order chi connectivity index (χ0) is 17.9. The summed E-state index contributed by atoms with van der Waals surface area (Å²) in [5, 5.41) is 8.25. The van der Waals surface area contributed by atoms with Gasteiger partial charge in [-0.25, -0.2) is 4.68 Å². The number of anilines is 1. The Kier molecular flexibility index (Phi) is 4.98. The van der Waals surface area contributed by atoms with Crippen molar-refractivity contribution in [3.8, 4) is 0 Å². The predicted octanol–water partition coefficient (Wildman–Crippen LogP) is 0.668. The first-order chi connectivity index (χ1) is 12.7. The van der Waals surface area contributed by atoms with E-state index in [9.17, 15) is 4.79 Å². The first-order valence-electron chi connectivity index (χ1n) is 9.14. The van der Waals surface area contributed by atoms with Crippen molar-refractivity contribution in [3.05, 3.63) is 34.3 Å². The minimum Gasteiger partial charge on any atom is -0.369 e. The standard InChI is InChI=1S/C17H24N6O3/c1-21-5-3-6-22(8-7-21)13-10-16(24)23(18-11-13)12-15-19-17(26-20-15)14-4-2-9-25-14/h10-11,14H,2-9,12H2,1H3/t14-/m0/s1. The van der Waals surface area contributed by atoms with Gasteiger partial charge in [0.2, 0.25) is 0 Å². The van der Waals surface area contributed by atoms with E-state index >= 15 is 0 Å². The average molecular weight is 360 g/mol. The van der Waals surface area contributed by atoms with E-state index in [1.165, 1.54) is 4.68 Å². The van der Waals surface area contributed by atoms with E-state index in [1.807, 2.05) is 0 Å². The Bertz CT molecular complexity index is 798. The van der Waals surface area contributed by atoms with E-state index in [0.717, 1.165) is 57.7 Å². The van der Waals surface area contributed by atoms with Crippen LogP contribution in [0.25, 0.3) is 0 Å². The highest BCUT2D eigenvalue weighted by molar-refractivity contribution is 5.43. The molecule has 0 radical (unpaired) electrons. The van der Waals surface area contributed by atoms with Crippen molar-refractivity contribution in [3.63, 3.8) is 0 Å². The van der Waals surface area contributed by atoms with Gasteiger partial charge in [0.15, 0.2) is 5.82 Å². The summed E-state index contributed by atoms with van der Waals surface area (Å²) in [7, 11) is 2.12. The summed E-state index contributed by atoms with van der Waals surface area (Å²) in [4.78, 5) is 21.3. The van der Waals surface area contributed by atoms with Crippen molar-refractivity contribution in [1.82, 2.24) is 24.8 Å². The van der Waals surface area contributed by atoms with Gasteiger partial charge in [0.1, 0.15) is 12.6 Å². The summed E-state index contributed by atoms with van der Waals surface area (Å²) in [5.74, 6) is 0.921. The van der Waals surface area contributed by atoms with Gasteiger partial charge in [0.25, 0.3) is 11.4 Å². The van der Waals surface area contributed by atoms with Crippen molar-refractivity contribution in [2.75, 3.05) is 44.7 Å². The van der Waals surface area contributed by atoms with Crippen LogP contribution in [0.15, 0.2) is 21.6 Å². The molecule has 0 aliphatic carbocycles. The van der Waals surface area contributed by atoms with Crippen LogP contribution in [0, 0.1) is 0 Å². The summed E-state index contributed by atoms with van der Waals surface area (Å²) < 4.78 is 12.2. The van der Waals surface area contributed by atoms with Gasteiger partial charge in [-0.05, 0) is 32.9 Å². The Morgan fingerprint density at radius 1 is 1.23 bits per heavy atom. The molecule has 9 heteroatoms. The number of likely N-dealkylation sites (N-methyl/N-ethyl adjacent to an activating group) is 1. The summed E-state index contributed by atoms with van der Waals surface area (Å²) in [6.45, 7) is 4.81. The smallest absolute Gasteiger partial charge is 0.269 e. The van der Waals surface area contributed by atoms with Crippen LogP contribution in [0.2, 0.25) is 0 Å². The molecule has 0 bridgehead atoms. The normalized spacial score (nSPS) is 21.9. The van der Waals surface area contributed by atoms with Gasteiger partial charge in [0, 0.05) is 32.3 Å². The lowest BCUT2D eigenvalue weighted by atomic mass is 10.2. The lowest BCUT2D eigenvalue weighted by Crippen LogP contribution is -2.31. The Morgan fingerprint density at radius 3 is 2.96 bits per heavy atom. The maximum Gasteiger partial charge on any atom is 0.269 e. The second-order valence-corrected chi connectivity index (χ2v) is 6.90. The van der Waals surface area contributed by atoms with Crippen molar-refractivity contribution in [2.45, 2.75) is 31.9 Å². The molecular weight excluding hydrogens is 336 g/mol. The number of ether oxygens (including phenoxy) is 1. The molecule has 9 nitrogen and oxygen atoms in total. The predicted molar refractivity (Wildman–Crippen MR) is 94.2 cm³/mol. The van der Waals surface area contributed by atoms with Crippen LogP contribution in [-0.4, -0.2) is 64.7 Å². The van der Waals surface area contributed by atoms with Crippen LogP contribution in [0.4, 0.5) is 5.69 Å². The molecule has 0 saturated carbocycles. The number of hydrogen-bond acceptors (Lipinski definition) is 8. The molecule has 4 rings (SSSR count). The Hall–Kier alpha value is -2.26. The summed E-state index contributed by atoms with van der Waals surface area (Å²) in [6.07, 6.45) is 4.59. The Balaban J connectivity index is 1.45. The minimum atomic E-state index is -0.163. The van der Waals surface area contributed by atoms with E-state index in [-0.39, 0.29) is 18.2 Å². The molecule has 1 atom stereocenters. The lowest BCUT2D eigenvalue weighted by Gasteiger charge is -2.22. The third-order valence-corrected chi connectivity index (χ3v) is 4.92. The van der Waals surface area contributed by atoms with Crippen molar-refractivity contribution in [1.29, 1.82) is 0 Å². The van der Waals surface area contributed by atoms with Crippen LogP contribution >= 0.6 is 0 Å². The summed E-state index contributed by atoms with van der Waals surface area (Å²) in [5.41, 5.74) is 0.707. The Morgan fingerprint density at radius 2 is 2.15 bits per heavy atom.